The molecule has 0 atom stereocenters. The number of benzene rings is 1. The summed E-state index contributed by atoms with van der Waals surface area (Å²) in [5.74, 6) is -0.0614. The van der Waals surface area contributed by atoms with Crippen molar-refractivity contribution in [3.63, 3.8) is 0 Å². The van der Waals surface area contributed by atoms with E-state index in [-0.39, 0.29) is 16.8 Å². The first kappa shape index (κ1) is 17.1. The van der Waals surface area contributed by atoms with Gasteiger partial charge in [0.25, 0.3) is 5.69 Å². The second-order valence-electron chi connectivity index (χ2n) is 4.67. The zero-order valence-electron chi connectivity index (χ0n) is 12.0. The fraction of sp³-hybridized carbons (Fsp3) is 0.429. The molecule has 2 rings (SSSR count). The fourth-order valence-electron chi connectivity index (χ4n) is 2.16. The van der Waals surface area contributed by atoms with Gasteiger partial charge in [-0.3, -0.25) is 19.7 Å². The van der Waals surface area contributed by atoms with Gasteiger partial charge >= 0.3 is 0 Å². The molecule has 0 aliphatic carbocycles. The van der Waals surface area contributed by atoms with Gasteiger partial charge in [0.1, 0.15) is 0 Å². The Hall–Kier alpha value is -1.95. The van der Waals surface area contributed by atoms with Crippen LogP contribution in [0.15, 0.2) is 18.2 Å². The van der Waals surface area contributed by atoms with Crippen molar-refractivity contribution in [2.45, 2.75) is 33.1 Å². The molecule has 0 saturated carbocycles. The normalized spacial score (nSPS) is 13.4. The number of aryl methyl sites for hydroxylation is 1. The molecule has 0 unspecified atom stereocenters. The molecule has 1 aromatic carbocycles. The summed E-state index contributed by atoms with van der Waals surface area (Å²) in [5, 5.41) is 10.4. The highest BCUT2D eigenvalue weighted by Crippen LogP contribution is 2.30. The van der Waals surface area contributed by atoms with Gasteiger partial charge in [-0.15, -0.1) is 0 Å². The molecule has 0 N–H and O–H groups in total. The van der Waals surface area contributed by atoms with Gasteiger partial charge in [0.15, 0.2) is 0 Å². The third-order valence-electron chi connectivity index (χ3n) is 3.03. The predicted molar refractivity (Wildman–Crippen MR) is 80.6 cm³/mol. The first-order chi connectivity index (χ1) is 9.82. The Balaban J connectivity index is 0.000000491. The number of carbonyl (C=O) groups is 2. The molecule has 0 aromatic heterocycles. The van der Waals surface area contributed by atoms with Crippen molar-refractivity contribution in [2.75, 3.05) is 11.4 Å². The first-order valence-electron chi connectivity index (χ1n) is 6.54. The largest absolute Gasteiger partial charge is 0.312 e. The smallest absolute Gasteiger partial charge is 0.271 e. The fourth-order valence-corrected chi connectivity index (χ4v) is 2.16. The van der Waals surface area contributed by atoms with E-state index in [1.807, 2.05) is 0 Å². The predicted octanol–water partition coefficient (Wildman–Crippen LogP) is 3.06. The molecule has 0 saturated heterocycles. The number of fused-ring (bicyclic) bond motifs is 1. The molecular weight excluding hydrogens is 296 g/mol. The topological polar surface area (TPSA) is 80.5 Å². The number of hydrogen-bond acceptors (Lipinski definition) is 4. The number of hydrogen-bond donors (Lipinski definition) is 0. The van der Waals surface area contributed by atoms with Crippen LogP contribution in [0.1, 0.15) is 32.3 Å². The summed E-state index contributed by atoms with van der Waals surface area (Å²) in [5.41, 5.74) is 1.75. The molecule has 0 bridgehead atoms. The van der Waals surface area contributed by atoms with Gasteiger partial charge in [-0.25, -0.2) is 0 Å². The molecule has 114 valence electrons. The monoisotopic (exact) mass is 312 g/mol. The lowest BCUT2D eigenvalue weighted by Crippen LogP contribution is -2.29. The second kappa shape index (κ2) is 7.73. The minimum atomic E-state index is -0.427. The van der Waals surface area contributed by atoms with Crippen LogP contribution in [0.2, 0.25) is 0 Å². The van der Waals surface area contributed by atoms with Crippen molar-refractivity contribution in [1.82, 2.24) is 0 Å². The van der Waals surface area contributed by atoms with Gasteiger partial charge in [0.05, 0.1) is 10.6 Å². The zero-order valence-corrected chi connectivity index (χ0v) is 12.7. The summed E-state index contributed by atoms with van der Waals surface area (Å²) in [7, 11) is 0. The lowest BCUT2D eigenvalue weighted by molar-refractivity contribution is -0.384. The van der Waals surface area contributed by atoms with E-state index in [2.05, 4.69) is 11.6 Å². The van der Waals surface area contributed by atoms with Crippen molar-refractivity contribution in [1.29, 1.82) is 0 Å². The molecule has 7 heteroatoms. The Bertz CT molecular complexity index is 556. The highest BCUT2D eigenvalue weighted by atomic mass is 35.5. The van der Waals surface area contributed by atoms with Gasteiger partial charge in [-0.05, 0) is 36.4 Å². The van der Waals surface area contributed by atoms with E-state index in [0.29, 0.717) is 12.2 Å². The summed E-state index contributed by atoms with van der Waals surface area (Å²) < 4.78 is 0. The number of non-ortho nitro benzene ring substituents is 1. The molecule has 1 heterocycles. The van der Waals surface area contributed by atoms with Crippen LogP contribution in [0.3, 0.4) is 0 Å². The van der Waals surface area contributed by atoms with E-state index in [1.165, 1.54) is 26.0 Å². The Morgan fingerprint density at radius 1 is 1.29 bits per heavy atom. The van der Waals surface area contributed by atoms with Gasteiger partial charge < -0.3 is 4.90 Å². The summed E-state index contributed by atoms with van der Waals surface area (Å²) in [4.78, 5) is 32.7. The van der Waals surface area contributed by atoms with Crippen LogP contribution in [-0.4, -0.2) is 22.6 Å². The van der Waals surface area contributed by atoms with E-state index in [1.54, 1.807) is 11.0 Å². The van der Waals surface area contributed by atoms with E-state index < -0.39 is 4.92 Å². The standard InChI is InChI=1S/C12H14N2O3.C2H3ClO/c1-9(15)13-7-3-2-4-10-5-6-11(14(16)17)8-12(10)13;1-2(3)4/h5-6,8H,2-4,7H2,1H3;1H3. The third kappa shape index (κ3) is 5.15. The second-order valence-corrected chi connectivity index (χ2v) is 5.20. The lowest BCUT2D eigenvalue weighted by atomic mass is 10.1. The van der Waals surface area contributed by atoms with Crippen LogP contribution >= 0.6 is 11.6 Å². The Morgan fingerprint density at radius 2 is 1.90 bits per heavy atom. The van der Waals surface area contributed by atoms with Crippen molar-refractivity contribution in [2.24, 2.45) is 0 Å². The van der Waals surface area contributed by atoms with Crippen molar-refractivity contribution < 1.29 is 14.5 Å². The molecular formula is C14H17ClN2O4. The molecule has 1 aromatic rings. The molecule has 1 aliphatic heterocycles. The number of rotatable bonds is 1. The van der Waals surface area contributed by atoms with Gasteiger partial charge in [-0.2, -0.15) is 0 Å². The molecule has 0 spiro atoms. The Kier molecular flexibility index (Phi) is 6.30. The number of amides is 1. The van der Waals surface area contributed by atoms with E-state index in [4.69, 9.17) is 0 Å². The SMILES string of the molecule is CC(=O)Cl.CC(=O)N1CCCCc2ccc([N+](=O)[O-])cc21. The maximum atomic E-state index is 11.6. The Labute approximate surface area is 127 Å². The molecule has 6 nitrogen and oxygen atoms in total. The van der Waals surface area contributed by atoms with Crippen molar-refractivity contribution in [3.05, 3.63) is 33.9 Å². The van der Waals surface area contributed by atoms with Crippen molar-refractivity contribution in [3.8, 4) is 0 Å². The summed E-state index contributed by atoms with van der Waals surface area (Å²) in [6.07, 6.45) is 2.81. The number of nitro groups is 1. The Morgan fingerprint density at radius 3 is 2.43 bits per heavy atom. The average molecular weight is 313 g/mol. The molecule has 0 fully saturated rings. The van der Waals surface area contributed by atoms with Crippen LogP contribution in [0, 0.1) is 10.1 Å². The van der Waals surface area contributed by atoms with Crippen molar-refractivity contribution >= 4 is 34.1 Å². The first-order valence-corrected chi connectivity index (χ1v) is 6.92. The van der Waals surface area contributed by atoms with Crippen LogP contribution in [0.5, 0.6) is 0 Å². The minimum absolute atomic E-state index is 0.0388. The third-order valence-corrected chi connectivity index (χ3v) is 3.03. The van der Waals surface area contributed by atoms with Gasteiger partial charge in [0, 0.05) is 32.5 Å². The zero-order chi connectivity index (χ0) is 16.0. The van der Waals surface area contributed by atoms with Crippen LogP contribution in [-0.2, 0) is 16.0 Å². The molecule has 0 radical (unpaired) electrons. The maximum absolute atomic E-state index is 11.6. The van der Waals surface area contributed by atoms with Crippen LogP contribution < -0.4 is 4.90 Å². The molecule has 21 heavy (non-hydrogen) atoms. The van der Waals surface area contributed by atoms with E-state index in [9.17, 15) is 19.7 Å². The lowest BCUT2D eigenvalue weighted by Gasteiger charge is -2.20. The molecule has 1 amide bonds. The quantitative estimate of drug-likeness (QED) is 0.453. The average Bonchev–Trinajstić information content (AvgIpc) is 2.59. The van der Waals surface area contributed by atoms with Gasteiger partial charge in [-0.1, -0.05) is 6.07 Å². The summed E-state index contributed by atoms with van der Waals surface area (Å²) >= 11 is 4.64. The van der Waals surface area contributed by atoms with E-state index in [0.717, 1.165) is 24.8 Å². The van der Waals surface area contributed by atoms with Crippen LogP contribution in [0.4, 0.5) is 11.4 Å². The summed E-state index contributed by atoms with van der Waals surface area (Å²) in [6, 6.07) is 4.76. The summed E-state index contributed by atoms with van der Waals surface area (Å²) in [6.45, 7) is 3.43. The molecule has 1 aliphatic rings. The number of nitrogens with zero attached hydrogens (tertiary/aromatic N) is 2. The highest BCUT2D eigenvalue weighted by Gasteiger charge is 2.21. The maximum Gasteiger partial charge on any atom is 0.271 e. The number of halogens is 1. The number of carbonyl (C=O) groups excluding carboxylic acids is 2. The number of anilines is 1. The van der Waals surface area contributed by atoms with Crippen LogP contribution in [0.25, 0.3) is 0 Å². The highest BCUT2D eigenvalue weighted by molar-refractivity contribution is 6.62. The van der Waals surface area contributed by atoms with Gasteiger partial charge in [0.2, 0.25) is 11.1 Å². The minimum Gasteiger partial charge on any atom is -0.312 e. The number of nitro benzene ring substituents is 1. The van der Waals surface area contributed by atoms with E-state index >= 15 is 0 Å².